The van der Waals surface area contributed by atoms with Crippen molar-refractivity contribution in [3.63, 3.8) is 0 Å². The lowest BCUT2D eigenvalue weighted by molar-refractivity contribution is -0.144. The Balaban J connectivity index is 2.51. The zero-order chi connectivity index (χ0) is 8.27. The van der Waals surface area contributed by atoms with Gasteiger partial charge in [-0.1, -0.05) is 0 Å². The van der Waals surface area contributed by atoms with Gasteiger partial charge in [0.25, 0.3) is 0 Å². The van der Waals surface area contributed by atoms with Crippen LogP contribution in [-0.2, 0) is 4.79 Å². The summed E-state index contributed by atoms with van der Waals surface area (Å²) < 4.78 is 0. The molecule has 1 heterocycles. The van der Waals surface area contributed by atoms with Crippen LogP contribution < -0.4 is 5.32 Å². The second-order valence-corrected chi connectivity index (χ2v) is 2.83. The van der Waals surface area contributed by atoms with E-state index in [2.05, 4.69) is 5.32 Å². The summed E-state index contributed by atoms with van der Waals surface area (Å²) in [6, 6.07) is -0.249. The van der Waals surface area contributed by atoms with Gasteiger partial charge in [0.1, 0.15) is 0 Å². The van der Waals surface area contributed by atoms with Crippen molar-refractivity contribution in [3.8, 4) is 0 Å². The van der Waals surface area contributed by atoms with Crippen molar-refractivity contribution in [1.29, 1.82) is 0 Å². The molecule has 0 aromatic heterocycles. The van der Waals surface area contributed by atoms with Crippen LogP contribution in [0, 0.1) is 5.92 Å². The van der Waals surface area contributed by atoms with E-state index in [-0.39, 0.29) is 12.6 Å². The Morgan fingerprint density at radius 3 is 2.82 bits per heavy atom. The molecular formula is C7H13NO3. The van der Waals surface area contributed by atoms with Crippen molar-refractivity contribution < 1.29 is 15.0 Å². The number of rotatable bonds is 2. The third-order valence-electron chi connectivity index (χ3n) is 2.10. The Morgan fingerprint density at radius 2 is 2.36 bits per heavy atom. The van der Waals surface area contributed by atoms with Crippen LogP contribution in [0.25, 0.3) is 0 Å². The van der Waals surface area contributed by atoms with Gasteiger partial charge < -0.3 is 15.5 Å². The highest BCUT2D eigenvalue weighted by molar-refractivity contribution is 5.71. The Bertz CT molecular complexity index is 149. The minimum Gasteiger partial charge on any atom is -0.481 e. The highest BCUT2D eigenvalue weighted by atomic mass is 16.4. The summed E-state index contributed by atoms with van der Waals surface area (Å²) in [6.07, 6.45) is 1.56. The third-order valence-corrected chi connectivity index (χ3v) is 2.10. The van der Waals surface area contributed by atoms with Gasteiger partial charge in [0.05, 0.1) is 12.5 Å². The molecule has 0 saturated carbocycles. The third kappa shape index (κ3) is 1.91. The van der Waals surface area contributed by atoms with E-state index in [0.29, 0.717) is 6.42 Å². The summed E-state index contributed by atoms with van der Waals surface area (Å²) in [5, 5.41) is 20.4. The lowest BCUT2D eigenvalue weighted by Crippen LogP contribution is -2.46. The molecule has 11 heavy (non-hydrogen) atoms. The molecule has 0 aromatic rings. The predicted octanol–water partition coefficient (Wildman–Crippen LogP) is -0.569. The van der Waals surface area contributed by atoms with Crippen molar-refractivity contribution in [3.05, 3.63) is 0 Å². The molecule has 1 saturated heterocycles. The van der Waals surface area contributed by atoms with Crippen LogP contribution in [0.5, 0.6) is 0 Å². The van der Waals surface area contributed by atoms with Crippen LogP contribution in [-0.4, -0.2) is 35.4 Å². The monoisotopic (exact) mass is 159 g/mol. The van der Waals surface area contributed by atoms with E-state index in [4.69, 9.17) is 10.2 Å². The average Bonchev–Trinajstić information content (AvgIpc) is 2.04. The van der Waals surface area contributed by atoms with Crippen LogP contribution in [0.15, 0.2) is 0 Å². The van der Waals surface area contributed by atoms with Crippen molar-refractivity contribution in [2.75, 3.05) is 13.2 Å². The first-order valence-electron chi connectivity index (χ1n) is 3.82. The molecule has 64 valence electrons. The van der Waals surface area contributed by atoms with E-state index in [9.17, 15) is 4.79 Å². The molecule has 0 aromatic carbocycles. The Labute approximate surface area is 65.2 Å². The molecule has 1 aliphatic rings. The van der Waals surface area contributed by atoms with Crippen LogP contribution >= 0.6 is 0 Å². The Morgan fingerprint density at radius 1 is 1.64 bits per heavy atom. The van der Waals surface area contributed by atoms with Crippen LogP contribution in [0.1, 0.15) is 12.8 Å². The number of hydrogen-bond donors (Lipinski definition) is 3. The fourth-order valence-corrected chi connectivity index (χ4v) is 1.44. The molecular weight excluding hydrogens is 146 g/mol. The lowest BCUT2D eigenvalue weighted by atomic mass is 9.91. The largest absolute Gasteiger partial charge is 0.481 e. The van der Waals surface area contributed by atoms with E-state index in [1.807, 2.05) is 0 Å². The molecule has 0 amide bonds. The highest BCUT2D eigenvalue weighted by Crippen LogP contribution is 2.15. The number of carboxylic acids is 1. The normalized spacial score (nSPS) is 31.7. The van der Waals surface area contributed by atoms with Gasteiger partial charge in [0.15, 0.2) is 0 Å². The molecule has 0 spiro atoms. The van der Waals surface area contributed by atoms with Gasteiger partial charge in [0.2, 0.25) is 0 Å². The Kier molecular flexibility index (Phi) is 2.84. The molecule has 4 heteroatoms. The van der Waals surface area contributed by atoms with Crippen LogP contribution in [0.2, 0.25) is 0 Å². The van der Waals surface area contributed by atoms with Gasteiger partial charge in [-0.15, -0.1) is 0 Å². The number of aliphatic hydroxyl groups excluding tert-OH is 1. The first kappa shape index (κ1) is 8.49. The second kappa shape index (κ2) is 3.69. The summed E-state index contributed by atoms with van der Waals surface area (Å²) >= 11 is 0. The first-order valence-corrected chi connectivity index (χ1v) is 3.82. The molecule has 1 rings (SSSR count). The second-order valence-electron chi connectivity index (χ2n) is 2.83. The molecule has 0 unspecified atom stereocenters. The molecule has 4 nitrogen and oxygen atoms in total. The van der Waals surface area contributed by atoms with Gasteiger partial charge in [-0.25, -0.2) is 0 Å². The number of aliphatic carboxylic acids is 1. The number of hydrogen-bond acceptors (Lipinski definition) is 3. The van der Waals surface area contributed by atoms with Gasteiger partial charge in [0, 0.05) is 6.04 Å². The molecule has 0 radical (unpaired) electrons. The number of carbonyl (C=O) groups is 1. The van der Waals surface area contributed by atoms with Crippen molar-refractivity contribution >= 4 is 5.97 Å². The van der Waals surface area contributed by atoms with E-state index in [1.54, 1.807) is 0 Å². The zero-order valence-corrected chi connectivity index (χ0v) is 6.29. The number of carboxylic acid groups (broad SMARTS) is 1. The smallest absolute Gasteiger partial charge is 0.308 e. The zero-order valence-electron chi connectivity index (χ0n) is 6.29. The fraction of sp³-hybridized carbons (Fsp3) is 0.857. The molecule has 2 atom stereocenters. The number of aliphatic hydroxyl groups is 1. The van der Waals surface area contributed by atoms with Crippen molar-refractivity contribution in [2.45, 2.75) is 18.9 Å². The SMILES string of the molecule is O=C(O)[C@@H]1CCCN[C@H]1CO. The summed E-state index contributed by atoms with van der Waals surface area (Å²) in [6.45, 7) is 0.728. The summed E-state index contributed by atoms with van der Waals surface area (Å²) in [5.74, 6) is -1.22. The van der Waals surface area contributed by atoms with E-state index in [1.165, 1.54) is 0 Å². The standard InChI is InChI=1S/C7H13NO3/c9-4-6-5(7(10)11)2-1-3-8-6/h5-6,8-9H,1-4H2,(H,10,11)/t5-,6+/m1/s1. The highest BCUT2D eigenvalue weighted by Gasteiger charge is 2.29. The minimum absolute atomic E-state index is 0.0863. The quantitative estimate of drug-likeness (QED) is 0.504. The minimum atomic E-state index is -0.809. The maximum atomic E-state index is 10.6. The maximum Gasteiger partial charge on any atom is 0.308 e. The van der Waals surface area contributed by atoms with Gasteiger partial charge in [-0.3, -0.25) is 4.79 Å². The molecule has 0 bridgehead atoms. The summed E-state index contributed by atoms with van der Waals surface area (Å²) in [7, 11) is 0. The summed E-state index contributed by atoms with van der Waals surface area (Å²) in [5.41, 5.74) is 0. The molecule has 0 aliphatic carbocycles. The van der Waals surface area contributed by atoms with E-state index in [0.717, 1.165) is 13.0 Å². The fourth-order valence-electron chi connectivity index (χ4n) is 1.44. The van der Waals surface area contributed by atoms with Gasteiger partial charge in [-0.05, 0) is 19.4 Å². The Hall–Kier alpha value is -0.610. The lowest BCUT2D eigenvalue weighted by Gasteiger charge is -2.27. The maximum absolute atomic E-state index is 10.6. The van der Waals surface area contributed by atoms with E-state index < -0.39 is 11.9 Å². The molecule has 3 N–H and O–H groups in total. The number of piperidine rings is 1. The van der Waals surface area contributed by atoms with Gasteiger partial charge in [-0.2, -0.15) is 0 Å². The molecule has 1 aliphatic heterocycles. The topological polar surface area (TPSA) is 69.6 Å². The average molecular weight is 159 g/mol. The summed E-state index contributed by atoms with van der Waals surface area (Å²) in [4.78, 5) is 10.6. The van der Waals surface area contributed by atoms with Gasteiger partial charge >= 0.3 is 5.97 Å². The first-order chi connectivity index (χ1) is 5.25. The van der Waals surface area contributed by atoms with Crippen molar-refractivity contribution in [2.24, 2.45) is 5.92 Å². The van der Waals surface area contributed by atoms with Crippen LogP contribution in [0.4, 0.5) is 0 Å². The van der Waals surface area contributed by atoms with E-state index >= 15 is 0 Å². The van der Waals surface area contributed by atoms with Crippen molar-refractivity contribution in [1.82, 2.24) is 5.32 Å². The number of nitrogens with one attached hydrogen (secondary N) is 1. The molecule has 1 fully saturated rings. The predicted molar refractivity (Wildman–Crippen MR) is 39.2 cm³/mol. The van der Waals surface area contributed by atoms with Crippen LogP contribution in [0.3, 0.4) is 0 Å².